The first kappa shape index (κ1) is 14.2. The summed E-state index contributed by atoms with van der Waals surface area (Å²) in [4.78, 5) is 23.2. The van der Waals surface area contributed by atoms with Gasteiger partial charge in [0.05, 0.1) is 6.04 Å². The standard InChI is InChI=1S/C13H19N3O2/c1-4-15-13(18)10-6-5-8(2)11(7-10)16-12(17)9(3)14/h5-7,9H,4,14H2,1-3H3,(H,15,18)(H,16,17). The van der Waals surface area contributed by atoms with E-state index >= 15 is 0 Å². The van der Waals surface area contributed by atoms with E-state index in [9.17, 15) is 9.59 Å². The van der Waals surface area contributed by atoms with Gasteiger partial charge in [-0.15, -0.1) is 0 Å². The molecule has 0 bridgehead atoms. The summed E-state index contributed by atoms with van der Waals surface area (Å²) in [5, 5.41) is 5.41. The predicted molar refractivity (Wildman–Crippen MR) is 71.5 cm³/mol. The van der Waals surface area contributed by atoms with Gasteiger partial charge in [-0.05, 0) is 38.5 Å². The van der Waals surface area contributed by atoms with E-state index in [0.717, 1.165) is 5.56 Å². The van der Waals surface area contributed by atoms with Crippen LogP contribution in [0.25, 0.3) is 0 Å². The molecule has 0 fully saturated rings. The van der Waals surface area contributed by atoms with Crippen LogP contribution in [0.5, 0.6) is 0 Å². The molecule has 5 heteroatoms. The number of carbonyl (C=O) groups is 2. The van der Waals surface area contributed by atoms with Crippen molar-refractivity contribution in [3.05, 3.63) is 29.3 Å². The van der Waals surface area contributed by atoms with Crippen molar-refractivity contribution in [3.8, 4) is 0 Å². The number of aryl methyl sites for hydroxylation is 1. The highest BCUT2D eigenvalue weighted by atomic mass is 16.2. The van der Waals surface area contributed by atoms with E-state index in [1.807, 2.05) is 13.8 Å². The van der Waals surface area contributed by atoms with Gasteiger partial charge in [-0.2, -0.15) is 0 Å². The van der Waals surface area contributed by atoms with Crippen LogP contribution in [0.15, 0.2) is 18.2 Å². The molecule has 2 amide bonds. The van der Waals surface area contributed by atoms with Gasteiger partial charge in [-0.3, -0.25) is 9.59 Å². The third kappa shape index (κ3) is 3.56. The van der Waals surface area contributed by atoms with E-state index in [-0.39, 0.29) is 11.8 Å². The van der Waals surface area contributed by atoms with E-state index in [1.54, 1.807) is 25.1 Å². The number of anilines is 1. The lowest BCUT2D eigenvalue weighted by atomic mass is 10.1. The maximum absolute atomic E-state index is 11.7. The summed E-state index contributed by atoms with van der Waals surface area (Å²) in [6.45, 7) is 5.88. The van der Waals surface area contributed by atoms with Gasteiger partial charge >= 0.3 is 0 Å². The second kappa shape index (κ2) is 6.16. The number of rotatable bonds is 4. The summed E-state index contributed by atoms with van der Waals surface area (Å²) < 4.78 is 0. The lowest BCUT2D eigenvalue weighted by molar-refractivity contribution is -0.117. The molecule has 98 valence electrons. The van der Waals surface area contributed by atoms with Crippen molar-refractivity contribution in [2.45, 2.75) is 26.8 Å². The fraction of sp³-hybridized carbons (Fsp3) is 0.385. The highest BCUT2D eigenvalue weighted by molar-refractivity contribution is 5.98. The minimum Gasteiger partial charge on any atom is -0.352 e. The van der Waals surface area contributed by atoms with E-state index in [2.05, 4.69) is 10.6 Å². The number of amides is 2. The van der Waals surface area contributed by atoms with Crippen LogP contribution in [0.2, 0.25) is 0 Å². The molecule has 0 spiro atoms. The Morgan fingerprint density at radius 1 is 1.39 bits per heavy atom. The molecule has 0 saturated heterocycles. The van der Waals surface area contributed by atoms with Crippen LogP contribution >= 0.6 is 0 Å². The van der Waals surface area contributed by atoms with Crippen molar-refractivity contribution in [2.75, 3.05) is 11.9 Å². The average Bonchev–Trinajstić information content (AvgIpc) is 2.31. The summed E-state index contributed by atoms with van der Waals surface area (Å²) in [6.07, 6.45) is 0. The number of nitrogens with two attached hydrogens (primary N) is 1. The number of hydrogen-bond acceptors (Lipinski definition) is 3. The molecule has 0 aliphatic rings. The second-order valence-electron chi connectivity index (χ2n) is 4.17. The number of carbonyl (C=O) groups excluding carboxylic acids is 2. The number of nitrogens with one attached hydrogen (secondary N) is 2. The Balaban J connectivity index is 2.94. The fourth-order valence-corrected chi connectivity index (χ4v) is 1.41. The Kier molecular flexibility index (Phi) is 4.85. The van der Waals surface area contributed by atoms with Crippen LogP contribution in [0, 0.1) is 6.92 Å². The lowest BCUT2D eigenvalue weighted by Gasteiger charge is -2.12. The molecule has 1 aromatic rings. The molecule has 0 saturated carbocycles. The van der Waals surface area contributed by atoms with Crippen LogP contribution in [0.4, 0.5) is 5.69 Å². The first-order valence-electron chi connectivity index (χ1n) is 5.91. The molecule has 1 unspecified atom stereocenters. The van der Waals surface area contributed by atoms with Gasteiger partial charge in [0.2, 0.25) is 5.91 Å². The Hall–Kier alpha value is -1.88. The van der Waals surface area contributed by atoms with Gasteiger partial charge in [-0.25, -0.2) is 0 Å². The topological polar surface area (TPSA) is 84.2 Å². The molecule has 1 atom stereocenters. The van der Waals surface area contributed by atoms with Gasteiger partial charge in [0, 0.05) is 17.8 Å². The van der Waals surface area contributed by atoms with Crippen molar-refractivity contribution in [1.82, 2.24) is 5.32 Å². The van der Waals surface area contributed by atoms with Gasteiger partial charge < -0.3 is 16.4 Å². The maximum Gasteiger partial charge on any atom is 0.251 e. The largest absolute Gasteiger partial charge is 0.352 e. The molecule has 0 radical (unpaired) electrons. The van der Waals surface area contributed by atoms with Crippen molar-refractivity contribution in [3.63, 3.8) is 0 Å². The zero-order valence-corrected chi connectivity index (χ0v) is 10.9. The highest BCUT2D eigenvalue weighted by Gasteiger charge is 2.11. The first-order chi connectivity index (χ1) is 8.45. The first-order valence-corrected chi connectivity index (χ1v) is 5.91. The monoisotopic (exact) mass is 249 g/mol. The summed E-state index contributed by atoms with van der Waals surface area (Å²) in [5.41, 5.74) is 7.50. The summed E-state index contributed by atoms with van der Waals surface area (Å²) in [6, 6.07) is 4.58. The van der Waals surface area contributed by atoms with Crippen LogP contribution in [-0.2, 0) is 4.79 Å². The Morgan fingerprint density at radius 2 is 2.06 bits per heavy atom. The molecular weight excluding hydrogens is 230 g/mol. The fourth-order valence-electron chi connectivity index (χ4n) is 1.41. The SMILES string of the molecule is CCNC(=O)c1ccc(C)c(NC(=O)C(C)N)c1. The summed E-state index contributed by atoms with van der Waals surface area (Å²) in [5.74, 6) is -0.431. The van der Waals surface area contributed by atoms with E-state index in [1.165, 1.54) is 0 Å². The third-order valence-corrected chi connectivity index (χ3v) is 2.51. The second-order valence-corrected chi connectivity index (χ2v) is 4.17. The van der Waals surface area contributed by atoms with Crippen molar-refractivity contribution < 1.29 is 9.59 Å². The van der Waals surface area contributed by atoms with Crippen LogP contribution in [0.1, 0.15) is 29.8 Å². The lowest BCUT2D eigenvalue weighted by Crippen LogP contribution is -2.32. The number of benzene rings is 1. The third-order valence-electron chi connectivity index (χ3n) is 2.51. The Labute approximate surface area is 107 Å². The van der Waals surface area contributed by atoms with Crippen LogP contribution in [-0.4, -0.2) is 24.4 Å². The van der Waals surface area contributed by atoms with Crippen LogP contribution < -0.4 is 16.4 Å². The maximum atomic E-state index is 11.7. The normalized spacial score (nSPS) is 11.8. The van der Waals surface area contributed by atoms with E-state index in [4.69, 9.17) is 5.73 Å². The van der Waals surface area contributed by atoms with Gasteiger partial charge in [0.1, 0.15) is 0 Å². The minimum atomic E-state index is -0.586. The van der Waals surface area contributed by atoms with Crippen molar-refractivity contribution in [1.29, 1.82) is 0 Å². The molecule has 0 heterocycles. The van der Waals surface area contributed by atoms with Gasteiger partial charge in [-0.1, -0.05) is 6.07 Å². The molecule has 18 heavy (non-hydrogen) atoms. The smallest absolute Gasteiger partial charge is 0.251 e. The quantitative estimate of drug-likeness (QED) is 0.745. The molecule has 5 nitrogen and oxygen atoms in total. The van der Waals surface area contributed by atoms with E-state index in [0.29, 0.717) is 17.8 Å². The molecule has 0 aliphatic carbocycles. The van der Waals surface area contributed by atoms with Gasteiger partial charge in [0.15, 0.2) is 0 Å². The Morgan fingerprint density at radius 3 is 2.61 bits per heavy atom. The zero-order valence-electron chi connectivity index (χ0n) is 10.9. The highest BCUT2D eigenvalue weighted by Crippen LogP contribution is 2.17. The molecule has 1 aromatic carbocycles. The molecule has 4 N–H and O–H groups in total. The van der Waals surface area contributed by atoms with Crippen molar-refractivity contribution in [2.24, 2.45) is 5.73 Å². The minimum absolute atomic E-state index is 0.159. The van der Waals surface area contributed by atoms with Crippen molar-refractivity contribution >= 4 is 17.5 Å². The average molecular weight is 249 g/mol. The molecule has 1 rings (SSSR count). The predicted octanol–water partition coefficient (Wildman–Crippen LogP) is 1.03. The molecule has 0 aromatic heterocycles. The summed E-state index contributed by atoms with van der Waals surface area (Å²) >= 11 is 0. The molecule has 0 aliphatic heterocycles. The summed E-state index contributed by atoms with van der Waals surface area (Å²) in [7, 11) is 0. The number of hydrogen-bond donors (Lipinski definition) is 3. The van der Waals surface area contributed by atoms with Gasteiger partial charge in [0.25, 0.3) is 5.91 Å². The van der Waals surface area contributed by atoms with Crippen LogP contribution in [0.3, 0.4) is 0 Å². The zero-order chi connectivity index (χ0) is 13.7. The Bertz CT molecular complexity index is 456. The molecular formula is C13H19N3O2. The van der Waals surface area contributed by atoms with E-state index < -0.39 is 6.04 Å².